The van der Waals surface area contributed by atoms with Crippen LogP contribution in [0.15, 0.2) is 48.2 Å². The Morgan fingerprint density at radius 3 is 2.39 bits per heavy atom. The number of hydrogen-bond acceptors (Lipinski definition) is 7. The molecule has 0 amide bonds. The van der Waals surface area contributed by atoms with Crippen LogP contribution in [0, 0.1) is 12.7 Å². The molecule has 0 spiro atoms. The van der Waals surface area contributed by atoms with Crippen LogP contribution in [-0.4, -0.2) is 38.7 Å². The summed E-state index contributed by atoms with van der Waals surface area (Å²) in [4.78, 5) is 15.5. The normalized spacial score (nSPS) is 15.7. The van der Waals surface area contributed by atoms with Crippen molar-refractivity contribution in [1.29, 1.82) is 0 Å². The smallest absolute Gasteiger partial charge is 0.232 e. The number of fused-ring (bicyclic) bond motifs is 3. The van der Waals surface area contributed by atoms with Gasteiger partial charge in [0.1, 0.15) is 29.8 Å². The fourth-order valence-corrected chi connectivity index (χ4v) is 4.53. The highest BCUT2D eigenvalue weighted by molar-refractivity contribution is 6.16. The van der Waals surface area contributed by atoms with Gasteiger partial charge in [-0.15, -0.1) is 0 Å². The molecule has 36 heavy (non-hydrogen) atoms. The summed E-state index contributed by atoms with van der Waals surface area (Å²) < 4.78 is 41.7. The van der Waals surface area contributed by atoms with Crippen molar-refractivity contribution < 1.29 is 32.9 Å². The second-order valence-electron chi connectivity index (χ2n) is 8.65. The number of allylic oxidation sites excluding steroid dienone is 1. The molecule has 2 aliphatic heterocycles. The van der Waals surface area contributed by atoms with Crippen molar-refractivity contribution in [2.75, 3.05) is 28.1 Å². The molecular weight excluding hydrogens is 465 g/mol. The zero-order chi connectivity index (χ0) is 25.4. The Hall–Kier alpha value is -4.04. The number of benzene rings is 3. The number of methoxy groups -OCH3 is 3. The van der Waals surface area contributed by atoms with Gasteiger partial charge in [0.15, 0.2) is 17.3 Å². The zero-order valence-electron chi connectivity index (χ0n) is 20.5. The largest absolute Gasteiger partial charge is 0.496 e. The summed E-state index contributed by atoms with van der Waals surface area (Å²) in [5.41, 5.74) is 3.69. The Balaban J connectivity index is 1.48. The number of halogens is 1. The molecule has 0 aliphatic carbocycles. The maximum atomic E-state index is 13.4. The monoisotopic (exact) mass is 491 g/mol. The lowest BCUT2D eigenvalue weighted by Crippen LogP contribution is -2.31. The number of carbonyl (C=O) groups excluding carboxylic acids is 1. The molecule has 3 aromatic rings. The van der Waals surface area contributed by atoms with Crippen LogP contribution in [0.3, 0.4) is 0 Å². The lowest BCUT2D eigenvalue weighted by molar-refractivity contribution is 0.0872. The number of rotatable bonds is 6. The van der Waals surface area contributed by atoms with Gasteiger partial charge in [0.05, 0.1) is 32.5 Å². The lowest BCUT2D eigenvalue weighted by atomic mass is 9.98. The number of nitrogens with zero attached hydrogens (tertiary/aromatic N) is 1. The lowest BCUT2D eigenvalue weighted by Gasteiger charge is -2.30. The van der Waals surface area contributed by atoms with Crippen LogP contribution < -0.4 is 23.7 Å². The van der Waals surface area contributed by atoms with E-state index in [4.69, 9.17) is 23.7 Å². The number of Topliss-reactive ketones (excluding diaryl/α,β-unsaturated/α-hetero) is 1. The van der Waals surface area contributed by atoms with Gasteiger partial charge < -0.3 is 23.7 Å². The Bertz CT molecular complexity index is 1370. The van der Waals surface area contributed by atoms with Crippen molar-refractivity contribution in [3.63, 3.8) is 0 Å². The van der Waals surface area contributed by atoms with Crippen LogP contribution in [-0.2, 0) is 13.1 Å². The molecule has 0 atom stereocenters. The average Bonchev–Trinajstić information content (AvgIpc) is 3.22. The van der Waals surface area contributed by atoms with Crippen LogP contribution in [0.4, 0.5) is 4.39 Å². The van der Waals surface area contributed by atoms with Crippen molar-refractivity contribution in [3.05, 3.63) is 81.9 Å². The van der Waals surface area contributed by atoms with E-state index < -0.39 is 0 Å². The van der Waals surface area contributed by atoms with E-state index in [0.29, 0.717) is 59.7 Å². The summed E-state index contributed by atoms with van der Waals surface area (Å²) in [7, 11) is 4.63. The number of carbonyl (C=O) groups is 1. The van der Waals surface area contributed by atoms with Crippen molar-refractivity contribution in [2.24, 2.45) is 0 Å². The maximum Gasteiger partial charge on any atom is 0.232 e. The highest BCUT2D eigenvalue weighted by Gasteiger charge is 2.35. The Morgan fingerprint density at radius 2 is 1.69 bits per heavy atom. The first-order chi connectivity index (χ1) is 17.4. The molecule has 0 fully saturated rings. The molecule has 7 nitrogen and oxygen atoms in total. The Kier molecular flexibility index (Phi) is 6.28. The molecule has 2 aliphatic rings. The molecule has 0 radical (unpaired) electrons. The minimum Gasteiger partial charge on any atom is -0.496 e. The van der Waals surface area contributed by atoms with Crippen LogP contribution in [0.1, 0.15) is 32.6 Å². The van der Waals surface area contributed by atoms with Gasteiger partial charge in [-0.25, -0.2) is 4.39 Å². The Labute approximate surface area is 208 Å². The second-order valence-corrected chi connectivity index (χ2v) is 8.65. The molecule has 186 valence electrons. The van der Waals surface area contributed by atoms with Gasteiger partial charge in [0.25, 0.3) is 0 Å². The fraction of sp³-hybridized carbons (Fsp3) is 0.250. The predicted molar refractivity (Wildman–Crippen MR) is 131 cm³/mol. The van der Waals surface area contributed by atoms with E-state index in [0.717, 1.165) is 16.7 Å². The van der Waals surface area contributed by atoms with Gasteiger partial charge in [-0.3, -0.25) is 9.69 Å². The molecule has 0 saturated heterocycles. The van der Waals surface area contributed by atoms with Crippen molar-refractivity contribution in [2.45, 2.75) is 20.0 Å². The maximum absolute atomic E-state index is 13.4. The van der Waals surface area contributed by atoms with Gasteiger partial charge in [-0.05, 0) is 48.4 Å². The van der Waals surface area contributed by atoms with E-state index in [-0.39, 0.29) is 17.4 Å². The van der Waals surface area contributed by atoms with E-state index >= 15 is 0 Å². The van der Waals surface area contributed by atoms with Gasteiger partial charge in [0.2, 0.25) is 5.78 Å². The van der Waals surface area contributed by atoms with Gasteiger partial charge in [-0.1, -0.05) is 12.1 Å². The summed E-state index contributed by atoms with van der Waals surface area (Å²) in [6, 6.07) is 11.7. The summed E-state index contributed by atoms with van der Waals surface area (Å²) in [5, 5.41) is 0. The van der Waals surface area contributed by atoms with Crippen LogP contribution >= 0.6 is 0 Å². The van der Waals surface area contributed by atoms with Crippen molar-refractivity contribution in [3.8, 4) is 28.7 Å². The van der Waals surface area contributed by atoms with E-state index in [1.165, 1.54) is 12.1 Å². The summed E-state index contributed by atoms with van der Waals surface area (Å²) >= 11 is 0. The average molecular weight is 492 g/mol. The second kappa shape index (κ2) is 9.54. The number of ether oxygens (including phenoxy) is 5. The van der Waals surface area contributed by atoms with Crippen LogP contribution in [0.2, 0.25) is 0 Å². The molecule has 0 bridgehead atoms. The molecular formula is C28H26FNO6. The highest BCUT2D eigenvalue weighted by atomic mass is 19.1. The number of ketones is 1. The molecule has 0 aromatic heterocycles. The SMILES string of the molecule is COc1cc(OC)c(OC)cc1/C=C1\Oc2c3c(cc(C)c2C1=O)OCN(Cc1ccc(F)cc1)C3. The third-order valence-electron chi connectivity index (χ3n) is 6.33. The molecule has 0 unspecified atom stereocenters. The Morgan fingerprint density at radius 1 is 1.00 bits per heavy atom. The van der Waals surface area contributed by atoms with Gasteiger partial charge in [0, 0.05) is 24.7 Å². The van der Waals surface area contributed by atoms with Crippen LogP contribution in [0.5, 0.6) is 28.7 Å². The first kappa shape index (κ1) is 23.7. The van der Waals surface area contributed by atoms with Gasteiger partial charge >= 0.3 is 0 Å². The summed E-state index contributed by atoms with van der Waals surface area (Å²) in [5.74, 6) is 2.43. The standard InChI is InChI=1S/C28H26FNO6/c1-16-9-22-20(14-30(15-35-22)13-17-5-7-19(29)8-6-17)28-26(16)27(31)25(36-28)11-18-10-23(33-3)24(34-4)12-21(18)32-2/h5-12H,13-15H2,1-4H3/b25-11-. The fourth-order valence-electron chi connectivity index (χ4n) is 4.53. The highest BCUT2D eigenvalue weighted by Crippen LogP contribution is 2.45. The van der Waals surface area contributed by atoms with Gasteiger partial charge in [-0.2, -0.15) is 0 Å². The quantitative estimate of drug-likeness (QED) is 0.443. The third kappa shape index (κ3) is 4.24. The van der Waals surface area contributed by atoms with E-state index in [2.05, 4.69) is 4.90 Å². The van der Waals surface area contributed by atoms with E-state index in [1.54, 1.807) is 51.7 Å². The number of hydrogen-bond donors (Lipinski definition) is 0. The molecule has 3 aromatic carbocycles. The zero-order valence-corrected chi connectivity index (χ0v) is 20.5. The first-order valence-electron chi connectivity index (χ1n) is 11.4. The van der Waals surface area contributed by atoms with Crippen molar-refractivity contribution in [1.82, 2.24) is 4.90 Å². The summed E-state index contributed by atoms with van der Waals surface area (Å²) in [6.07, 6.45) is 1.65. The minimum absolute atomic E-state index is 0.183. The van der Waals surface area contributed by atoms with Crippen molar-refractivity contribution >= 4 is 11.9 Å². The third-order valence-corrected chi connectivity index (χ3v) is 6.33. The predicted octanol–water partition coefficient (Wildman–Crippen LogP) is 5.13. The first-order valence-corrected chi connectivity index (χ1v) is 11.4. The minimum atomic E-state index is -0.273. The van der Waals surface area contributed by atoms with E-state index in [1.807, 2.05) is 13.0 Å². The van der Waals surface area contributed by atoms with Crippen LogP contribution in [0.25, 0.3) is 6.08 Å². The molecule has 0 N–H and O–H groups in total. The molecule has 5 rings (SSSR count). The summed E-state index contributed by atoms with van der Waals surface area (Å²) in [6.45, 7) is 3.34. The topological polar surface area (TPSA) is 66.5 Å². The number of aryl methyl sites for hydroxylation is 1. The molecule has 8 heteroatoms. The molecule has 0 saturated carbocycles. The molecule has 2 heterocycles. The van der Waals surface area contributed by atoms with E-state index in [9.17, 15) is 9.18 Å².